The molecule has 0 heterocycles. The van der Waals surface area contributed by atoms with Gasteiger partial charge in [0.1, 0.15) is 23.4 Å². The molecule has 10 nitrogen and oxygen atoms in total. The van der Waals surface area contributed by atoms with Gasteiger partial charge in [0, 0.05) is 17.3 Å². The molecule has 1 aliphatic rings. The highest BCUT2D eigenvalue weighted by molar-refractivity contribution is 6.01. The second-order valence-corrected chi connectivity index (χ2v) is 11.7. The minimum atomic E-state index is -1.39. The summed E-state index contributed by atoms with van der Waals surface area (Å²) in [5.74, 6) is -2.17. The maximum Gasteiger partial charge on any atom is 0.408 e. The Morgan fingerprint density at radius 2 is 1.71 bits per heavy atom. The number of hydrogen-bond acceptors (Lipinski definition) is 6. The molecule has 0 aliphatic heterocycles. The van der Waals surface area contributed by atoms with Crippen molar-refractivity contribution >= 4 is 40.3 Å². The number of aryl methyl sites for hydroxylation is 1. The average molecular weight is 575 g/mol. The number of benzene rings is 3. The molecule has 0 spiro atoms. The molecule has 222 valence electrons. The summed E-state index contributed by atoms with van der Waals surface area (Å²) in [5, 5.41) is 18.4. The molecule has 0 saturated heterocycles. The van der Waals surface area contributed by atoms with Gasteiger partial charge < -0.3 is 31.1 Å². The number of primary amides is 1. The van der Waals surface area contributed by atoms with Gasteiger partial charge in [-0.05, 0) is 75.4 Å². The Morgan fingerprint density at radius 1 is 1.02 bits per heavy atom. The molecule has 0 bridgehead atoms. The first-order valence-electron chi connectivity index (χ1n) is 14.0. The normalized spacial score (nSPS) is 14.8. The highest BCUT2D eigenvalue weighted by atomic mass is 16.6. The van der Waals surface area contributed by atoms with Crippen LogP contribution in [0.5, 0.6) is 5.75 Å². The fourth-order valence-electron chi connectivity index (χ4n) is 5.01. The van der Waals surface area contributed by atoms with Gasteiger partial charge in [0.15, 0.2) is 0 Å². The van der Waals surface area contributed by atoms with Gasteiger partial charge in [0.25, 0.3) is 5.91 Å². The van der Waals surface area contributed by atoms with Gasteiger partial charge in [-0.3, -0.25) is 14.4 Å². The minimum absolute atomic E-state index is 0.125. The predicted octanol–water partition coefficient (Wildman–Crippen LogP) is 4.68. The van der Waals surface area contributed by atoms with Crippen LogP contribution in [0.2, 0.25) is 0 Å². The molecule has 1 fully saturated rings. The van der Waals surface area contributed by atoms with Crippen molar-refractivity contribution < 1.29 is 29.0 Å². The summed E-state index contributed by atoms with van der Waals surface area (Å²) in [6, 6.07) is 15.1. The number of carbonyl (C=O) groups is 4. The standard InChI is InChI=1S/C32H38N4O6/c1-19-9-7-14-24(28(19)38)27(29(39)34-22-16-15-20-10-5-6-11-21(20)17-22)36(23-12-8-13-23)30(40)25(18-26(33)37)35-31(41)42-32(2,3)4/h5-7,9-11,14-17,23,25,27,38H,8,12-13,18H2,1-4H3,(H2,33,37)(H,34,39)(H,35,41). The van der Waals surface area contributed by atoms with Gasteiger partial charge in [-0.1, -0.05) is 48.5 Å². The number of anilines is 1. The van der Waals surface area contributed by atoms with Crippen molar-refractivity contribution in [1.82, 2.24) is 10.2 Å². The fraction of sp³-hybridized carbons (Fsp3) is 0.375. The van der Waals surface area contributed by atoms with E-state index in [4.69, 9.17) is 10.5 Å². The summed E-state index contributed by atoms with van der Waals surface area (Å²) < 4.78 is 5.33. The van der Waals surface area contributed by atoms with E-state index in [0.717, 1.165) is 17.2 Å². The SMILES string of the molecule is Cc1cccc(C(C(=O)Nc2ccc3ccccc3c2)N(C(=O)C(CC(N)=O)NC(=O)OC(C)(C)C)C2CCC2)c1O. The molecule has 4 rings (SSSR count). The number of rotatable bonds is 9. The zero-order valence-corrected chi connectivity index (χ0v) is 24.3. The van der Waals surface area contributed by atoms with Gasteiger partial charge in [0.05, 0.1) is 6.42 Å². The van der Waals surface area contributed by atoms with E-state index in [-0.39, 0.29) is 17.4 Å². The highest BCUT2D eigenvalue weighted by Gasteiger charge is 2.43. The molecular formula is C32H38N4O6. The van der Waals surface area contributed by atoms with Gasteiger partial charge >= 0.3 is 6.09 Å². The Hall–Kier alpha value is -4.60. The Morgan fingerprint density at radius 3 is 2.33 bits per heavy atom. The number of phenols is 1. The van der Waals surface area contributed by atoms with Crippen LogP contribution in [0.25, 0.3) is 10.8 Å². The summed E-state index contributed by atoms with van der Waals surface area (Å²) in [6.45, 7) is 6.72. The molecule has 3 aromatic rings. The third kappa shape index (κ3) is 7.18. The lowest BCUT2D eigenvalue weighted by atomic mass is 9.87. The summed E-state index contributed by atoms with van der Waals surface area (Å²) in [6.07, 6.45) is 0.640. The Kier molecular flexibility index (Phi) is 9.04. The largest absolute Gasteiger partial charge is 0.507 e. The van der Waals surface area contributed by atoms with E-state index < -0.39 is 47.9 Å². The van der Waals surface area contributed by atoms with Gasteiger partial charge in [0.2, 0.25) is 11.8 Å². The quantitative estimate of drug-likeness (QED) is 0.291. The van der Waals surface area contributed by atoms with E-state index in [9.17, 15) is 24.3 Å². The molecule has 2 atom stereocenters. The van der Waals surface area contributed by atoms with Crippen molar-refractivity contribution in [1.29, 1.82) is 0 Å². The minimum Gasteiger partial charge on any atom is -0.507 e. The van der Waals surface area contributed by atoms with Gasteiger partial charge in [-0.25, -0.2) is 4.79 Å². The van der Waals surface area contributed by atoms with Crippen LogP contribution in [0.4, 0.5) is 10.5 Å². The monoisotopic (exact) mass is 574 g/mol. The number of para-hydroxylation sites is 1. The second-order valence-electron chi connectivity index (χ2n) is 11.7. The van der Waals surface area contributed by atoms with E-state index in [1.807, 2.05) is 36.4 Å². The van der Waals surface area contributed by atoms with Crippen LogP contribution in [0, 0.1) is 6.92 Å². The number of hydrogen-bond donors (Lipinski definition) is 4. The zero-order valence-electron chi connectivity index (χ0n) is 24.3. The second kappa shape index (κ2) is 12.5. The molecule has 10 heteroatoms. The summed E-state index contributed by atoms with van der Waals surface area (Å²) >= 11 is 0. The van der Waals surface area contributed by atoms with Crippen molar-refractivity contribution in [2.45, 2.75) is 77.1 Å². The van der Waals surface area contributed by atoms with E-state index in [1.165, 1.54) is 4.90 Å². The number of aromatic hydroxyl groups is 1. The fourth-order valence-corrected chi connectivity index (χ4v) is 5.01. The van der Waals surface area contributed by atoms with Crippen LogP contribution in [0.1, 0.15) is 63.6 Å². The summed E-state index contributed by atoms with van der Waals surface area (Å²) in [7, 11) is 0. The van der Waals surface area contributed by atoms with Crippen LogP contribution in [0.3, 0.4) is 0 Å². The lowest BCUT2D eigenvalue weighted by Gasteiger charge is -2.43. The van der Waals surface area contributed by atoms with Crippen LogP contribution in [-0.4, -0.2) is 51.5 Å². The summed E-state index contributed by atoms with van der Waals surface area (Å²) in [4.78, 5) is 54.4. The van der Waals surface area contributed by atoms with Crippen LogP contribution in [0.15, 0.2) is 60.7 Å². The maximum absolute atomic E-state index is 14.2. The maximum atomic E-state index is 14.2. The van der Waals surface area contributed by atoms with Crippen LogP contribution < -0.4 is 16.4 Å². The van der Waals surface area contributed by atoms with Crippen molar-refractivity contribution in [3.05, 3.63) is 71.8 Å². The first-order chi connectivity index (χ1) is 19.8. The molecule has 4 amide bonds. The first kappa shape index (κ1) is 30.4. The van der Waals surface area contributed by atoms with E-state index in [0.29, 0.717) is 24.1 Å². The number of phenolic OH excluding ortho intramolecular Hbond substituents is 1. The van der Waals surface area contributed by atoms with Crippen molar-refractivity contribution in [2.24, 2.45) is 5.73 Å². The van der Waals surface area contributed by atoms with Gasteiger partial charge in [-0.2, -0.15) is 0 Å². The Labute approximate surface area is 245 Å². The molecular weight excluding hydrogens is 536 g/mol. The zero-order chi connectivity index (χ0) is 30.6. The number of fused-ring (bicyclic) bond motifs is 1. The third-order valence-electron chi connectivity index (χ3n) is 7.22. The molecule has 0 radical (unpaired) electrons. The van der Waals surface area contributed by atoms with E-state index in [1.54, 1.807) is 52.0 Å². The third-order valence-corrected chi connectivity index (χ3v) is 7.22. The van der Waals surface area contributed by atoms with Gasteiger partial charge in [-0.15, -0.1) is 0 Å². The molecule has 5 N–H and O–H groups in total. The number of nitrogens with one attached hydrogen (secondary N) is 2. The number of ether oxygens (including phenoxy) is 1. The molecule has 0 aromatic heterocycles. The number of nitrogens with zero attached hydrogens (tertiary/aromatic N) is 1. The number of nitrogens with two attached hydrogens (primary N) is 1. The molecule has 2 unspecified atom stereocenters. The average Bonchev–Trinajstić information content (AvgIpc) is 2.87. The molecule has 42 heavy (non-hydrogen) atoms. The lowest BCUT2D eigenvalue weighted by Crippen LogP contribution is -2.57. The smallest absolute Gasteiger partial charge is 0.408 e. The highest BCUT2D eigenvalue weighted by Crippen LogP contribution is 2.38. The summed E-state index contributed by atoms with van der Waals surface area (Å²) in [5.41, 5.74) is 5.88. The van der Waals surface area contributed by atoms with Crippen molar-refractivity contribution in [2.75, 3.05) is 5.32 Å². The Bertz CT molecular complexity index is 1490. The van der Waals surface area contributed by atoms with Crippen molar-refractivity contribution in [3.63, 3.8) is 0 Å². The molecule has 1 aliphatic carbocycles. The molecule has 1 saturated carbocycles. The first-order valence-corrected chi connectivity index (χ1v) is 14.0. The van der Waals surface area contributed by atoms with Crippen LogP contribution in [-0.2, 0) is 19.1 Å². The van der Waals surface area contributed by atoms with Crippen LogP contribution >= 0.6 is 0 Å². The van der Waals surface area contributed by atoms with E-state index >= 15 is 0 Å². The lowest BCUT2D eigenvalue weighted by molar-refractivity contribution is -0.146. The number of alkyl carbamates (subject to hydrolysis) is 1. The predicted molar refractivity (Wildman–Crippen MR) is 160 cm³/mol. The molecule has 3 aromatic carbocycles. The number of carbonyl (C=O) groups excluding carboxylic acids is 4. The van der Waals surface area contributed by atoms with E-state index in [2.05, 4.69) is 10.6 Å². The topological polar surface area (TPSA) is 151 Å². The Balaban J connectivity index is 1.76. The van der Waals surface area contributed by atoms with Crippen molar-refractivity contribution in [3.8, 4) is 5.75 Å². The number of amides is 4.